The molecule has 0 bridgehead atoms. The van der Waals surface area contributed by atoms with Crippen molar-refractivity contribution in [1.29, 1.82) is 0 Å². The molecule has 5 nitrogen and oxygen atoms in total. The molecule has 174 valence electrons. The van der Waals surface area contributed by atoms with Gasteiger partial charge in [-0.1, -0.05) is 44.2 Å². The maximum absolute atomic E-state index is 9.83. The molecule has 3 rings (SSSR count). The van der Waals surface area contributed by atoms with Crippen molar-refractivity contribution in [1.82, 2.24) is 10.2 Å². The van der Waals surface area contributed by atoms with Crippen molar-refractivity contribution < 1.29 is 16.1 Å². The van der Waals surface area contributed by atoms with Gasteiger partial charge >= 0.3 is 0 Å². The van der Waals surface area contributed by atoms with E-state index in [1.54, 1.807) is 0 Å². The molecule has 1 aliphatic heterocycles. The van der Waals surface area contributed by atoms with E-state index in [9.17, 15) is 5.11 Å². The van der Waals surface area contributed by atoms with Crippen LogP contribution in [0.15, 0.2) is 36.0 Å². The van der Waals surface area contributed by atoms with Gasteiger partial charge in [0.05, 0.1) is 11.5 Å². The van der Waals surface area contributed by atoms with E-state index in [-0.39, 0.29) is 22.4 Å². The standard InChI is InChI=1S/C24H39ClN2O.2H2O/c1-18(2)24(26-13-10-19-4-3-5-23(28)16-19)17-27-14-11-21(12-15-27)20-6-8-22(25)9-7-20;;/h3-4,6-8,18-19,21-24,26,28H,5,9-17H2,1-2H3;2*1H2/t19?,22?,23?,24-;;/m0../s1. The van der Waals surface area contributed by atoms with Gasteiger partial charge in [0.15, 0.2) is 0 Å². The molecule has 0 saturated carbocycles. The zero-order valence-corrected chi connectivity index (χ0v) is 19.5. The minimum atomic E-state index is -0.137. The van der Waals surface area contributed by atoms with E-state index in [2.05, 4.69) is 54.4 Å². The Balaban J connectivity index is 0.00000225. The summed E-state index contributed by atoms with van der Waals surface area (Å²) in [6.45, 7) is 9.24. The van der Waals surface area contributed by atoms with Crippen LogP contribution in [-0.2, 0) is 0 Å². The molecule has 0 aromatic rings. The van der Waals surface area contributed by atoms with E-state index in [1.807, 2.05) is 0 Å². The number of hydrogen-bond acceptors (Lipinski definition) is 3. The Bertz CT molecular complexity index is 571. The van der Waals surface area contributed by atoms with E-state index >= 15 is 0 Å². The Hall–Kier alpha value is -0.690. The van der Waals surface area contributed by atoms with E-state index in [0.717, 1.165) is 38.8 Å². The van der Waals surface area contributed by atoms with Crippen LogP contribution in [0.5, 0.6) is 0 Å². The number of aliphatic hydroxyl groups is 1. The fourth-order valence-electron chi connectivity index (χ4n) is 4.77. The van der Waals surface area contributed by atoms with Crippen LogP contribution in [0.2, 0.25) is 0 Å². The molecule has 0 aromatic carbocycles. The number of nitrogens with zero attached hydrogens (tertiary/aromatic N) is 1. The molecule has 1 fully saturated rings. The molecular weight excluding hydrogens is 400 g/mol. The van der Waals surface area contributed by atoms with Crippen LogP contribution in [0.1, 0.15) is 52.4 Å². The lowest BCUT2D eigenvalue weighted by molar-refractivity contribution is 0.142. The lowest BCUT2D eigenvalue weighted by Gasteiger charge is -2.36. The molecule has 3 unspecified atom stereocenters. The Morgan fingerprint density at radius 1 is 1.17 bits per heavy atom. The average molecular weight is 443 g/mol. The number of hydrogen-bond donors (Lipinski definition) is 2. The monoisotopic (exact) mass is 442 g/mol. The first-order valence-electron chi connectivity index (χ1n) is 11.3. The molecule has 1 heterocycles. The highest BCUT2D eigenvalue weighted by Crippen LogP contribution is 2.29. The van der Waals surface area contributed by atoms with Crippen LogP contribution in [0.4, 0.5) is 0 Å². The summed E-state index contributed by atoms with van der Waals surface area (Å²) < 4.78 is 0. The normalized spacial score (nSPS) is 28.6. The van der Waals surface area contributed by atoms with Gasteiger partial charge < -0.3 is 26.3 Å². The SMILES string of the molecule is CC(C)[C@H](CN1CCC(C2=CCC(Cl)C=C2)CC1)NCCC1C=CCC(O)C1.O.O. The van der Waals surface area contributed by atoms with Crippen molar-refractivity contribution in [2.45, 2.75) is 69.9 Å². The van der Waals surface area contributed by atoms with Gasteiger partial charge in [-0.15, -0.1) is 11.6 Å². The minimum absolute atomic E-state index is 0. The van der Waals surface area contributed by atoms with Crippen molar-refractivity contribution in [2.24, 2.45) is 17.8 Å². The van der Waals surface area contributed by atoms with Crippen molar-refractivity contribution in [3.63, 3.8) is 0 Å². The number of alkyl halides is 1. The summed E-state index contributed by atoms with van der Waals surface area (Å²) in [4.78, 5) is 2.65. The first-order valence-corrected chi connectivity index (χ1v) is 11.8. The van der Waals surface area contributed by atoms with Gasteiger partial charge in [-0.3, -0.25) is 0 Å². The maximum Gasteiger partial charge on any atom is 0.0580 e. The zero-order valence-electron chi connectivity index (χ0n) is 18.7. The minimum Gasteiger partial charge on any atom is -0.412 e. The summed E-state index contributed by atoms with van der Waals surface area (Å²) >= 11 is 6.17. The number of aliphatic hydroxyl groups excluding tert-OH is 1. The predicted molar refractivity (Wildman–Crippen MR) is 127 cm³/mol. The molecule has 0 radical (unpaired) electrons. The largest absolute Gasteiger partial charge is 0.412 e. The number of nitrogens with one attached hydrogen (secondary N) is 1. The van der Waals surface area contributed by atoms with E-state index < -0.39 is 0 Å². The van der Waals surface area contributed by atoms with Crippen LogP contribution in [0.25, 0.3) is 0 Å². The summed E-state index contributed by atoms with van der Waals surface area (Å²) in [5.74, 6) is 1.88. The van der Waals surface area contributed by atoms with E-state index in [1.165, 1.54) is 31.5 Å². The molecule has 3 aliphatic rings. The molecule has 0 amide bonds. The fraction of sp³-hybridized carbons (Fsp3) is 0.750. The van der Waals surface area contributed by atoms with Crippen LogP contribution in [-0.4, -0.2) is 64.7 Å². The molecule has 0 aromatic heterocycles. The van der Waals surface area contributed by atoms with Gasteiger partial charge in [-0.25, -0.2) is 0 Å². The third kappa shape index (κ3) is 8.45. The first-order chi connectivity index (χ1) is 13.5. The molecule has 4 atom stereocenters. The fourth-order valence-corrected chi connectivity index (χ4v) is 4.93. The molecule has 30 heavy (non-hydrogen) atoms. The van der Waals surface area contributed by atoms with Gasteiger partial charge in [-0.2, -0.15) is 0 Å². The second-order valence-electron chi connectivity index (χ2n) is 9.30. The van der Waals surface area contributed by atoms with Crippen LogP contribution in [0.3, 0.4) is 0 Å². The van der Waals surface area contributed by atoms with Crippen molar-refractivity contribution >= 4 is 11.6 Å². The van der Waals surface area contributed by atoms with Crippen molar-refractivity contribution in [2.75, 3.05) is 26.2 Å². The predicted octanol–water partition coefficient (Wildman–Crippen LogP) is 2.87. The third-order valence-corrected chi connectivity index (χ3v) is 7.03. The van der Waals surface area contributed by atoms with Gasteiger partial charge in [-0.05, 0) is 81.5 Å². The van der Waals surface area contributed by atoms with Gasteiger partial charge in [0, 0.05) is 12.6 Å². The first kappa shape index (κ1) is 27.3. The number of likely N-dealkylation sites (tertiary alicyclic amines) is 1. The maximum atomic E-state index is 9.83. The molecule has 1 saturated heterocycles. The van der Waals surface area contributed by atoms with E-state index in [0.29, 0.717) is 23.8 Å². The van der Waals surface area contributed by atoms with Crippen molar-refractivity contribution in [3.05, 3.63) is 36.0 Å². The molecule has 6 heteroatoms. The Labute approximate surface area is 187 Å². The summed E-state index contributed by atoms with van der Waals surface area (Å²) in [6.07, 6.45) is 17.5. The highest BCUT2D eigenvalue weighted by molar-refractivity contribution is 6.22. The van der Waals surface area contributed by atoms with Crippen LogP contribution >= 0.6 is 11.6 Å². The average Bonchev–Trinajstić information content (AvgIpc) is 2.68. The highest BCUT2D eigenvalue weighted by atomic mass is 35.5. The lowest BCUT2D eigenvalue weighted by atomic mass is 9.86. The zero-order chi connectivity index (χ0) is 19.9. The topological polar surface area (TPSA) is 98.5 Å². The van der Waals surface area contributed by atoms with Gasteiger partial charge in [0.2, 0.25) is 0 Å². The third-order valence-electron chi connectivity index (χ3n) is 6.71. The molecule has 0 spiro atoms. The molecule has 2 aliphatic carbocycles. The summed E-state index contributed by atoms with van der Waals surface area (Å²) in [5.41, 5.74) is 1.51. The quantitative estimate of drug-likeness (QED) is 0.446. The Morgan fingerprint density at radius 3 is 2.50 bits per heavy atom. The van der Waals surface area contributed by atoms with Gasteiger partial charge in [0.1, 0.15) is 0 Å². The Kier molecular flexibility index (Phi) is 12.5. The highest BCUT2D eigenvalue weighted by Gasteiger charge is 2.25. The summed E-state index contributed by atoms with van der Waals surface area (Å²) in [5, 5.41) is 13.8. The Morgan fingerprint density at radius 2 is 1.90 bits per heavy atom. The molecular formula is C24H43ClN2O3. The van der Waals surface area contributed by atoms with E-state index in [4.69, 9.17) is 11.6 Å². The number of allylic oxidation sites excluding steroid dienone is 5. The lowest BCUT2D eigenvalue weighted by Crippen LogP contribution is -2.47. The van der Waals surface area contributed by atoms with Gasteiger partial charge in [0.25, 0.3) is 0 Å². The summed E-state index contributed by atoms with van der Waals surface area (Å²) in [6, 6.07) is 0.542. The van der Waals surface area contributed by atoms with Crippen LogP contribution in [0, 0.1) is 17.8 Å². The number of halogens is 1. The second kappa shape index (κ2) is 13.7. The molecule has 6 N–H and O–H groups in total. The van der Waals surface area contributed by atoms with Crippen molar-refractivity contribution in [3.8, 4) is 0 Å². The smallest absolute Gasteiger partial charge is 0.0580 e. The number of rotatable bonds is 8. The van der Waals surface area contributed by atoms with Crippen LogP contribution < -0.4 is 5.32 Å². The second-order valence-corrected chi connectivity index (χ2v) is 9.86. The summed E-state index contributed by atoms with van der Waals surface area (Å²) in [7, 11) is 0. The number of piperidine rings is 1.